The Hall–Kier alpha value is -2.41. The summed E-state index contributed by atoms with van der Waals surface area (Å²) in [6.45, 7) is 2.21. The van der Waals surface area contributed by atoms with Gasteiger partial charge in [-0.25, -0.2) is 4.98 Å². The van der Waals surface area contributed by atoms with Crippen LogP contribution in [-0.2, 0) is 9.59 Å². The molecule has 7 heteroatoms. The summed E-state index contributed by atoms with van der Waals surface area (Å²) in [5.41, 5.74) is 1.06. The number of rotatable bonds is 6. The van der Waals surface area contributed by atoms with Crippen molar-refractivity contribution in [1.82, 2.24) is 25.1 Å². The van der Waals surface area contributed by atoms with Crippen molar-refractivity contribution >= 4 is 22.8 Å². The van der Waals surface area contributed by atoms with E-state index in [1.807, 2.05) is 12.3 Å². The minimum absolute atomic E-state index is 0.00360. The molecular formula is C23H33N5O2. The van der Waals surface area contributed by atoms with Gasteiger partial charge in [0, 0.05) is 61.8 Å². The molecule has 2 aromatic rings. The zero-order valence-electron chi connectivity index (χ0n) is 18.0. The predicted octanol–water partition coefficient (Wildman–Crippen LogP) is 2.63. The summed E-state index contributed by atoms with van der Waals surface area (Å²) in [6.07, 6.45) is 10.7. The Morgan fingerprint density at radius 2 is 1.87 bits per heavy atom. The van der Waals surface area contributed by atoms with E-state index in [0.29, 0.717) is 25.0 Å². The van der Waals surface area contributed by atoms with Gasteiger partial charge in [-0.3, -0.25) is 14.5 Å². The summed E-state index contributed by atoms with van der Waals surface area (Å²) in [5, 5.41) is 7.36. The average molecular weight is 412 g/mol. The molecule has 4 rings (SSSR count). The third-order valence-corrected chi connectivity index (χ3v) is 6.92. The van der Waals surface area contributed by atoms with E-state index in [1.165, 1.54) is 5.39 Å². The van der Waals surface area contributed by atoms with Crippen molar-refractivity contribution in [2.75, 3.05) is 13.6 Å². The third-order valence-electron chi connectivity index (χ3n) is 6.92. The maximum absolute atomic E-state index is 12.6. The number of fused-ring (bicyclic) bond motifs is 1. The zero-order valence-corrected chi connectivity index (χ0v) is 18.0. The molecule has 2 N–H and O–H groups in total. The zero-order chi connectivity index (χ0) is 21.1. The van der Waals surface area contributed by atoms with E-state index in [0.717, 1.165) is 44.2 Å². The fourth-order valence-electron chi connectivity index (χ4n) is 5.12. The number of likely N-dealkylation sites (tertiary alicyclic amines) is 1. The molecule has 0 aromatic carbocycles. The van der Waals surface area contributed by atoms with Crippen molar-refractivity contribution < 1.29 is 9.59 Å². The number of nitrogens with one attached hydrogen (secondary N) is 2. The van der Waals surface area contributed by atoms with E-state index in [2.05, 4.69) is 50.5 Å². The molecule has 1 aliphatic carbocycles. The minimum atomic E-state index is 0.00360. The normalized spacial score (nSPS) is 27.3. The minimum Gasteiger partial charge on any atom is -0.355 e. The Kier molecular flexibility index (Phi) is 6.37. The van der Waals surface area contributed by atoms with E-state index in [9.17, 15) is 9.59 Å². The van der Waals surface area contributed by atoms with Crippen LogP contribution >= 0.6 is 0 Å². The highest BCUT2D eigenvalue weighted by Crippen LogP contribution is 2.31. The van der Waals surface area contributed by atoms with Crippen molar-refractivity contribution in [3.63, 3.8) is 0 Å². The quantitative estimate of drug-likeness (QED) is 0.766. The number of hydrogen-bond acceptors (Lipinski definition) is 4. The number of carbonyl (C=O) groups excluding carboxylic acids is 2. The maximum atomic E-state index is 12.6. The Morgan fingerprint density at radius 1 is 1.10 bits per heavy atom. The molecule has 1 aliphatic heterocycles. The summed E-state index contributed by atoms with van der Waals surface area (Å²) in [4.78, 5) is 30.6. The second-order valence-electron chi connectivity index (χ2n) is 8.90. The summed E-state index contributed by atoms with van der Waals surface area (Å²) in [6, 6.07) is 7.53. The molecule has 0 bridgehead atoms. The van der Waals surface area contributed by atoms with Crippen molar-refractivity contribution in [3.8, 4) is 0 Å². The van der Waals surface area contributed by atoms with E-state index >= 15 is 0 Å². The lowest BCUT2D eigenvalue weighted by Gasteiger charge is -2.31. The van der Waals surface area contributed by atoms with Crippen molar-refractivity contribution in [3.05, 3.63) is 30.6 Å². The Balaban J connectivity index is 1.23. The fraction of sp³-hybridized carbons (Fsp3) is 0.609. The first-order chi connectivity index (χ1) is 14.5. The van der Waals surface area contributed by atoms with Crippen LogP contribution in [-0.4, -0.2) is 58.0 Å². The first kappa shape index (κ1) is 20.8. The first-order valence-electron chi connectivity index (χ1n) is 11.2. The lowest BCUT2D eigenvalue weighted by molar-refractivity contribution is -0.123. The van der Waals surface area contributed by atoms with Gasteiger partial charge in [0.1, 0.15) is 5.65 Å². The van der Waals surface area contributed by atoms with Crippen LogP contribution in [0.15, 0.2) is 30.6 Å². The van der Waals surface area contributed by atoms with Gasteiger partial charge >= 0.3 is 0 Å². The largest absolute Gasteiger partial charge is 0.355 e. The lowest BCUT2D eigenvalue weighted by Crippen LogP contribution is -2.43. The Bertz CT molecular complexity index is 887. The van der Waals surface area contributed by atoms with Gasteiger partial charge in [-0.2, -0.15) is 0 Å². The molecule has 1 saturated carbocycles. The van der Waals surface area contributed by atoms with Crippen LogP contribution in [0, 0.1) is 0 Å². The summed E-state index contributed by atoms with van der Waals surface area (Å²) >= 11 is 0. The molecule has 30 heavy (non-hydrogen) atoms. The van der Waals surface area contributed by atoms with Gasteiger partial charge in [-0.15, -0.1) is 0 Å². The predicted molar refractivity (Wildman–Crippen MR) is 117 cm³/mol. The van der Waals surface area contributed by atoms with E-state index in [1.54, 1.807) is 6.92 Å². The number of likely N-dealkylation sites (N-methyl/N-ethyl adjacent to an activating group) is 1. The van der Waals surface area contributed by atoms with Crippen LogP contribution in [0.2, 0.25) is 0 Å². The molecular weight excluding hydrogens is 378 g/mol. The number of amides is 2. The fourth-order valence-corrected chi connectivity index (χ4v) is 5.12. The highest BCUT2D eigenvalue weighted by Gasteiger charge is 2.32. The molecule has 7 nitrogen and oxygen atoms in total. The topological polar surface area (TPSA) is 79.3 Å². The Morgan fingerprint density at radius 3 is 2.63 bits per heavy atom. The van der Waals surface area contributed by atoms with Gasteiger partial charge in [0.15, 0.2) is 0 Å². The summed E-state index contributed by atoms with van der Waals surface area (Å²) < 4.78 is 2.30. The van der Waals surface area contributed by atoms with Crippen LogP contribution in [0.5, 0.6) is 0 Å². The number of pyridine rings is 1. The number of hydrogen-bond donors (Lipinski definition) is 2. The SMILES string of the molecule is CC(=O)NC[C@H]1CC[C@@H](CC(=O)NC2CCC(n3ccc4cccnc43)CC2)N1C. The molecule has 0 unspecified atom stereocenters. The molecule has 3 heterocycles. The number of aromatic nitrogens is 2. The molecule has 0 spiro atoms. The molecule has 2 aliphatic rings. The second kappa shape index (κ2) is 9.16. The van der Waals surface area contributed by atoms with Gasteiger partial charge in [0.05, 0.1) is 0 Å². The van der Waals surface area contributed by atoms with Crippen LogP contribution in [0.4, 0.5) is 0 Å². The molecule has 1 saturated heterocycles. The molecule has 2 amide bonds. The maximum Gasteiger partial charge on any atom is 0.221 e. The van der Waals surface area contributed by atoms with Gasteiger partial charge in [0.25, 0.3) is 0 Å². The molecule has 0 radical (unpaired) electrons. The van der Waals surface area contributed by atoms with Crippen molar-refractivity contribution in [1.29, 1.82) is 0 Å². The van der Waals surface area contributed by atoms with Gasteiger partial charge in [-0.05, 0) is 63.8 Å². The van der Waals surface area contributed by atoms with Crippen molar-refractivity contribution in [2.24, 2.45) is 0 Å². The number of carbonyl (C=O) groups is 2. The van der Waals surface area contributed by atoms with Crippen LogP contribution in [0.3, 0.4) is 0 Å². The summed E-state index contributed by atoms with van der Waals surface area (Å²) in [7, 11) is 2.07. The highest BCUT2D eigenvalue weighted by atomic mass is 16.2. The third kappa shape index (κ3) is 4.67. The standard InChI is InChI=1S/C23H33N5O2/c1-16(29)25-15-21-10-9-20(27(21)2)14-22(30)26-18-5-7-19(8-6-18)28-13-11-17-4-3-12-24-23(17)28/h3-4,11-13,18-21H,5-10,14-15H2,1-2H3,(H,25,29)(H,26,30)/t18?,19?,20-,21+/m0/s1. The second-order valence-corrected chi connectivity index (χ2v) is 8.90. The molecule has 2 fully saturated rings. The van der Waals surface area contributed by atoms with Crippen molar-refractivity contribution in [2.45, 2.75) is 76.0 Å². The average Bonchev–Trinajstić information content (AvgIpc) is 3.31. The van der Waals surface area contributed by atoms with E-state index < -0.39 is 0 Å². The molecule has 162 valence electrons. The van der Waals surface area contributed by atoms with Gasteiger partial charge in [-0.1, -0.05) is 0 Å². The molecule has 2 atom stereocenters. The smallest absolute Gasteiger partial charge is 0.221 e. The highest BCUT2D eigenvalue weighted by molar-refractivity contribution is 5.77. The van der Waals surface area contributed by atoms with Crippen LogP contribution < -0.4 is 10.6 Å². The van der Waals surface area contributed by atoms with Crippen LogP contribution in [0.25, 0.3) is 11.0 Å². The monoisotopic (exact) mass is 411 g/mol. The van der Waals surface area contributed by atoms with E-state index in [-0.39, 0.29) is 23.9 Å². The lowest BCUT2D eigenvalue weighted by atomic mass is 9.90. The Labute approximate surface area is 178 Å². The molecule has 2 aromatic heterocycles. The number of nitrogens with zero attached hydrogens (tertiary/aromatic N) is 3. The van der Waals surface area contributed by atoms with E-state index in [4.69, 9.17) is 0 Å². The van der Waals surface area contributed by atoms with Gasteiger partial charge in [0.2, 0.25) is 11.8 Å². The van der Waals surface area contributed by atoms with Gasteiger partial charge < -0.3 is 15.2 Å². The first-order valence-corrected chi connectivity index (χ1v) is 11.2. The van der Waals surface area contributed by atoms with Crippen LogP contribution in [0.1, 0.15) is 57.9 Å². The summed E-state index contributed by atoms with van der Waals surface area (Å²) in [5.74, 6) is 0.160.